The first-order chi connectivity index (χ1) is 34.5. The normalized spacial score (nSPS) is 13.6. The van der Waals surface area contributed by atoms with Gasteiger partial charge in [-0.2, -0.15) is 0 Å². The molecule has 406 valence electrons. The van der Waals surface area contributed by atoms with Crippen molar-refractivity contribution in [3.8, 4) is 0 Å². The second kappa shape index (κ2) is 57.2. The lowest BCUT2D eigenvalue weighted by molar-refractivity contribution is -0.151. The lowest BCUT2D eigenvalue weighted by atomic mass is 10.0. The zero-order valence-corrected chi connectivity index (χ0v) is 46.4. The van der Waals surface area contributed by atoms with E-state index in [-0.39, 0.29) is 24.9 Å². The molecule has 0 saturated heterocycles. The number of carbonyl (C=O) groups is 2. The molecule has 0 aromatic heterocycles. The van der Waals surface area contributed by atoms with Gasteiger partial charge >= 0.3 is 5.97 Å². The van der Waals surface area contributed by atoms with E-state index in [9.17, 15) is 19.8 Å². The minimum absolute atomic E-state index is 0.0371. The van der Waals surface area contributed by atoms with E-state index >= 15 is 0 Å². The predicted octanol–water partition coefficient (Wildman–Crippen LogP) is 18.9. The molecule has 0 aliphatic carbocycles. The van der Waals surface area contributed by atoms with Gasteiger partial charge in [-0.15, -0.1) is 0 Å². The molecule has 70 heavy (non-hydrogen) atoms. The number of carbonyl (C=O) groups excluding carboxylic acids is 2. The van der Waals surface area contributed by atoms with Crippen molar-refractivity contribution < 1.29 is 24.5 Å². The minimum atomic E-state index is -0.806. The number of hydrogen-bond acceptors (Lipinski definition) is 5. The topological polar surface area (TPSA) is 95.9 Å². The fourth-order valence-corrected chi connectivity index (χ4v) is 8.92. The van der Waals surface area contributed by atoms with Gasteiger partial charge in [-0.05, 0) is 96.3 Å². The predicted molar refractivity (Wildman–Crippen MR) is 305 cm³/mol. The number of rotatable bonds is 54. The number of aliphatic hydroxyl groups excluding tert-OH is 2. The van der Waals surface area contributed by atoms with E-state index < -0.39 is 18.2 Å². The van der Waals surface area contributed by atoms with Crippen LogP contribution in [0.5, 0.6) is 0 Å². The van der Waals surface area contributed by atoms with E-state index in [1.165, 1.54) is 173 Å². The van der Waals surface area contributed by atoms with Crippen molar-refractivity contribution in [3.05, 3.63) is 72.9 Å². The summed E-state index contributed by atoms with van der Waals surface area (Å²) in [5, 5.41) is 23.9. The van der Waals surface area contributed by atoms with E-state index in [0.717, 1.165) is 77.0 Å². The van der Waals surface area contributed by atoms with E-state index in [2.05, 4.69) is 99.0 Å². The Morgan fingerprint density at radius 2 is 0.743 bits per heavy atom. The Labute approximate surface area is 434 Å². The number of amides is 1. The van der Waals surface area contributed by atoms with Crippen LogP contribution in [0.3, 0.4) is 0 Å². The van der Waals surface area contributed by atoms with E-state index in [0.29, 0.717) is 19.3 Å². The molecule has 0 spiro atoms. The standard InChI is InChI=1S/C64H115NO5/c1-4-7-10-13-16-19-22-25-28-30-31-33-36-39-42-45-48-51-54-57-64(69)70-60(55-52-49-46-43-40-37-35-32-29-26-23-20-17-14-11-8-5-2)58-63(68)65-61(59-66)62(67)56-53-50-47-44-41-38-34-27-24-21-18-15-12-9-6-3/h16-17,19-20,25-26,28-29,35,37,43,46,60-62,66-67H,4-15,18,21-24,27,30-34,36,38-42,44-45,47-59H2,1-3H3,(H,65,68)/b19-16-,20-17-,28-25-,29-26-,37-35-,46-43-. The number of hydrogen-bond donors (Lipinski definition) is 3. The third kappa shape index (κ3) is 51.6. The van der Waals surface area contributed by atoms with Crippen LogP contribution in [0, 0.1) is 0 Å². The SMILES string of the molecule is CCCCC/C=C\C/C=C\C/C=C\C/C=C\CCCC(CC(=O)NC(CO)C(O)CCCCCCCCCCCCCCCCC)OC(=O)CCCCCCCCCCC/C=C\C/C=C\CCCCC. The zero-order chi connectivity index (χ0) is 50.9. The Bertz CT molecular complexity index is 1280. The van der Waals surface area contributed by atoms with Crippen molar-refractivity contribution in [1.29, 1.82) is 0 Å². The summed E-state index contributed by atoms with van der Waals surface area (Å²) in [5.41, 5.74) is 0. The molecule has 0 aliphatic heterocycles. The Morgan fingerprint density at radius 1 is 0.414 bits per heavy atom. The molecule has 3 N–H and O–H groups in total. The molecule has 1 amide bonds. The zero-order valence-electron chi connectivity index (χ0n) is 46.4. The molecule has 6 nitrogen and oxygen atoms in total. The Kier molecular flexibility index (Phi) is 55.0. The van der Waals surface area contributed by atoms with Gasteiger partial charge in [0, 0.05) is 6.42 Å². The fraction of sp³-hybridized carbons (Fsp3) is 0.781. The molecule has 0 aromatic rings. The van der Waals surface area contributed by atoms with Crippen molar-refractivity contribution in [2.75, 3.05) is 6.61 Å². The summed E-state index contributed by atoms with van der Waals surface area (Å²) >= 11 is 0. The molecule has 0 radical (unpaired) electrons. The Balaban J connectivity index is 4.64. The van der Waals surface area contributed by atoms with Gasteiger partial charge in [0.15, 0.2) is 0 Å². The highest BCUT2D eigenvalue weighted by Crippen LogP contribution is 2.18. The summed E-state index contributed by atoms with van der Waals surface area (Å²) in [5.74, 6) is -0.526. The summed E-state index contributed by atoms with van der Waals surface area (Å²) in [6, 6.07) is -0.723. The van der Waals surface area contributed by atoms with E-state index in [1.807, 2.05) is 0 Å². The second-order valence-corrected chi connectivity index (χ2v) is 20.4. The third-order valence-electron chi connectivity index (χ3n) is 13.5. The van der Waals surface area contributed by atoms with Gasteiger partial charge in [-0.1, -0.05) is 261 Å². The highest BCUT2D eigenvalue weighted by Gasteiger charge is 2.24. The Hall–Kier alpha value is -2.70. The first-order valence-corrected chi connectivity index (χ1v) is 30.2. The van der Waals surface area contributed by atoms with Crippen LogP contribution in [0.2, 0.25) is 0 Å². The molecule has 0 aromatic carbocycles. The van der Waals surface area contributed by atoms with Crippen LogP contribution in [-0.2, 0) is 14.3 Å². The highest BCUT2D eigenvalue weighted by molar-refractivity contribution is 5.77. The second-order valence-electron chi connectivity index (χ2n) is 20.4. The fourth-order valence-electron chi connectivity index (χ4n) is 8.92. The molecule has 3 atom stereocenters. The summed E-state index contributed by atoms with van der Waals surface area (Å²) in [7, 11) is 0. The molecule has 0 aliphatic rings. The number of ether oxygens (including phenoxy) is 1. The summed E-state index contributed by atoms with van der Waals surface area (Å²) < 4.78 is 5.94. The van der Waals surface area contributed by atoms with Crippen LogP contribution in [0.25, 0.3) is 0 Å². The number of esters is 1. The van der Waals surface area contributed by atoms with Gasteiger partial charge in [-0.3, -0.25) is 9.59 Å². The summed E-state index contributed by atoms with van der Waals surface area (Å²) in [6.07, 6.45) is 74.0. The molecule has 6 heteroatoms. The van der Waals surface area contributed by atoms with Crippen LogP contribution >= 0.6 is 0 Å². The lowest BCUT2D eigenvalue weighted by Crippen LogP contribution is -2.46. The lowest BCUT2D eigenvalue weighted by Gasteiger charge is -2.24. The van der Waals surface area contributed by atoms with Crippen LogP contribution < -0.4 is 5.32 Å². The van der Waals surface area contributed by atoms with Crippen LogP contribution in [0.4, 0.5) is 0 Å². The first kappa shape index (κ1) is 67.3. The average Bonchev–Trinajstić information content (AvgIpc) is 3.35. The van der Waals surface area contributed by atoms with Gasteiger partial charge in [0.05, 0.1) is 25.2 Å². The van der Waals surface area contributed by atoms with Crippen molar-refractivity contribution in [2.45, 2.75) is 315 Å². The molecule has 0 rings (SSSR count). The maximum absolute atomic E-state index is 13.3. The molecule has 3 unspecified atom stereocenters. The number of allylic oxidation sites excluding steroid dienone is 12. The van der Waals surface area contributed by atoms with E-state index in [1.54, 1.807) is 0 Å². The van der Waals surface area contributed by atoms with Crippen molar-refractivity contribution in [1.82, 2.24) is 5.32 Å². The van der Waals surface area contributed by atoms with Crippen molar-refractivity contribution in [3.63, 3.8) is 0 Å². The van der Waals surface area contributed by atoms with Crippen molar-refractivity contribution in [2.24, 2.45) is 0 Å². The highest BCUT2D eigenvalue weighted by atomic mass is 16.5. The first-order valence-electron chi connectivity index (χ1n) is 30.2. The van der Waals surface area contributed by atoms with Crippen molar-refractivity contribution >= 4 is 11.9 Å². The number of aliphatic hydroxyl groups is 2. The molecular weight excluding hydrogens is 863 g/mol. The maximum atomic E-state index is 13.3. The van der Waals surface area contributed by atoms with Crippen LogP contribution in [-0.4, -0.2) is 46.9 Å². The minimum Gasteiger partial charge on any atom is -0.462 e. The average molecular weight is 979 g/mol. The smallest absolute Gasteiger partial charge is 0.306 e. The summed E-state index contributed by atoms with van der Waals surface area (Å²) in [6.45, 7) is 6.44. The monoisotopic (exact) mass is 978 g/mol. The number of unbranched alkanes of at least 4 members (excludes halogenated alkanes) is 30. The van der Waals surface area contributed by atoms with Crippen LogP contribution in [0.1, 0.15) is 297 Å². The molecule has 0 bridgehead atoms. The van der Waals surface area contributed by atoms with Crippen LogP contribution in [0.15, 0.2) is 72.9 Å². The molecular formula is C64H115NO5. The third-order valence-corrected chi connectivity index (χ3v) is 13.5. The van der Waals surface area contributed by atoms with Gasteiger partial charge in [0.25, 0.3) is 0 Å². The van der Waals surface area contributed by atoms with Gasteiger partial charge in [0.2, 0.25) is 5.91 Å². The van der Waals surface area contributed by atoms with E-state index in [4.69, 9.17) is 4.74 Å². The maximum Gasteiger partial charge on any atom is 0.306 e. The Morgan fingerprint density at radius 3 is 1.16 bits per heavy atom. The van der Waals surface area contributed by atoms with Gasteiger partial charge in [-0.25, -0.2) is 0 Å². The summed E-state index contributed by atoms with van der Waals surface area (Å²) in [4.78, 5) is 26.3. The molecule has 0 saturated carbocycles. The van der Waals surface area contributed by atoms with Gasteiger partial charge in [0.1, 0.15) is 6.10 Å². The quantitative estimate of drug-likeness (QED) is 0.0321. The van der Waals surface area contributed by atoms with Gasteiger partial charge < -0.3 is 20.3 Å². The number of nitrogens with one attached hydrogen (secondary N) is 1. The largest absolute Gasteiger partial charge is 0.462 e. The molecule has 0 fully saturated rings. The molecule has 0 heterocycles.